The molecule has 4 heteroatoms. The maximum Gasteiger partial charge on any atom is 0.227 e. The van der Waals surface area contributed by atoms with Crippen LogP contribution in [0.4, 0.5) is 0 Å². The summed E-state index contributed by atoms with van der Waals surface area (Å²) in [7, 11) is 0. The van der Waals surface area contributed by atoms with E-state index in [0.29, 0.717) is 6.42 Å². The van der Waals surface area contributed by atoms with Gasteiger partial charge >= 0.3 is 0 Å². The molecule has 1 heterocycles. The third kappa shape index (κ3) is 4.21. The molecule has 0 fully saturated rings. The van der Waals surface area contributed by atoms with Gasteiger partial charge in [0.25, 0.3) is 0 Å². The Balaban J connectivity index is 1.59. The molecule has 0 bridgehead atoms. The number of nitrogens with one attached hydrogen (secondary N) is 1. The first-order valence-electron chi connectivity index (χ1n) is 8.83. The maximum absolute atomic E-state index is 12.5. The first kappa shape index (κ1) is 18.0. The molecule has 134 valence electrons. The van der Waals surface area contributed by atoms with Crippen molar-refractivity contribution in [1.29, 1.82) is 0 Å². The standard InChI is InChI=1S/C22H23NO3/c1-2-19(16-7-4-3-5-8-16)22(25)23-15-20(24)17-10-12-18(13-11-17)21-9-6-14-26-21/h3-14,19-20,24H,2,15H2,1H3,(H,23,25)/t19-,20-/m1/s1. The molecule has 1 amide bonds. The second-order valence-electron chi connectivity index (χ2n) is 6.23. The second kappa shape index (κ2) is 8.50. The minimum atomic E-state index is -0.752. The van der Waals surface area contributed by atoms with Gasteiger partial charge in [0.05, 0.1) is 18.3 Å². The molecule has 2 atom stereocenters. The van der Waals surface area contributed by atoms with Gasteiger partial charge in [-0.25, -0.2) is 0 Å². The van der Waals surface area contributed by atoms with Gasteiger partial charge in [0, 0.05) is 12.1 Å². The predicted molar refractivity (Wildman–Crippen MR) is 102 cm³/mol. The Morgan fingerprint density at radius 2 is 1.73 bits per heavy atom. The van der Waals surface area contributed by atoms with Crippen LogP contribution in [0, 0.1) is 0 Å². The summed E-state index contributed by atoms with van der Waals surface area (Å²) in [5.41, 5.74) is 2.70. The lowest BCUT2D eigenvalue weighted by Gasteiger charge is -2.18. The smallest absolute Gasteiger partial charge is 0.227 e. The summed E-state index contributed by atoms with van der Waals surface area (Å²) < 4.78 is 5.36. The van der Waals surface area contributed by atoms with Crippen LogP contribution in [0.5, 0.6) is 0 Å². The number of carbonyl (C=O) groups is 1. The van der Waals surface area contributed by atoms with E-state index in [-0.39, 0.29) is 18.4 Å². The van der Waals surface area contributed by atoms with E-state index < -0.39 is 6.10 Å². The number of aliphatic hydroxyl groups excluding tert-OH is 1. The number of hydrogen-bond acceptors (Lipinski definition) is 3. The predicted octanol–water partition coefficient (Wildman–Crippen LogP) is 4.29. The van der Waals surface area contributed by atoms with Crippen molar-refractivity contribution in [3.8, 4) is 11.3 Å². The highest BCUT2D eigenvalue weighted by Gasteiger charge is 2.19. The fraction of sp³-hybridized carbons (Fsp3) is 0.227. The van der Waals surface area contributed by atoms with Crippen LogP contribution < -0.4 is 5.32 Å². The molecular weight excluding hydrogens is 326 g/mol. The number of hydrogen-bond donors (Lipinski definition) is 2. The molecule has 0 aliphatic rings. The average molecular weight is 349 g/mol. The van der Waals surface area contributed by atoms with Crippen LogP contribution in [0.15, 0.2) is 77.4 Å². The number of aliphatic hydroxyl groups is 1. The molecule has 26 heavy (non-hydrogen) atoms. The zero-order valence-corrected chi connectivity index (χ0v) is 14.8. The third-order valence-corrected chi connectivity index (χ3v) is 4.50. The van der Waals surface area contributed by atoms with E-state index in [2.05, 4.69) is 5.32 Å². The highest BCUT2D eigenvalue weighted by molar-refractivity contribution is 5.83. The van der Waals surface area contributed by atoms with Gasteiger partial charge in [0.2, 0.25) is 5.91 Å². The van der Waals surface area contributed by atoms with Crippen LogP contribution in [0.2, 0.25) is 0 Å². The minimum absolute atomic E-state index is 0.0649. The Bertz CT molecular complexity index is 810. The van der Waals surface area contributed by atoms with E-state index >= 15 is 0 Å². The quantitative estimate of drug-likeness (QED) is 0.669. The van der Waals surface area contributed by atoms with Crippen molar-refractivity contribution in [3.05, 3.63) is 84.1 Å². The second-order valence-corrected chi connectivity index (χ2v) is 6.23. The molecule has 3 rings (SSSR count). The van der Waals surface area contributed by atoms with Gasteiger partial charge < -0.3 is 14.8 Å². The zero-order chi connectivity index (χ0) is 18.4. The number of rotatable bonds is 7. The van der Waals surface area contributed by atoms with E-state index in [1.807, 2.05) is 73.7 Å². The van der Waals surface area contributed by atoms with Gasteiger partial charge in [-0.3, -0.25) is 4.79 Å². The van der Waals surface area contributed by atoms with Gasteiger partial charge in [-0.05, 0) is 29.7 Å². The van der Waals surface area contributed by atoms with Crippen molar-refractivity contribution in [1.82, 2.24) is 5.32 Å². The molecule has 0 aliphatic heterocycles. The molecule has 0 unspecified atom stereocenters. The zero-order valence-electron chi connectivity index (χ0n) is 14.8. The number of furan rings is 1. The highest BCUT2D eigenvalue weighted by Crippen LogP contribution is 2.23. The van der Waals surface area contributed by atoms with Crippen molar-refractivity contribution in [2.75, 3.05) is 6.54 Å². The van der Waals surface area contributed by atoms with Crippen LogP contribution in [-0.2, 0) is 4.79 Å². The lowest BCUT2D eigenvalue weighted by molar-refractivity contribution is -0.123. The fourth-order valence-corrected chi connectivity index (χ4v) is 3.01. The summed E-state index contributed by atoms with van der Waals surface area (Å²) in [4.78, 5) is 12.5. The molecule has 0 radical (unpaired) electrons. The molecule has 2 N–H and O–H groups in total. The Kier molecular flexibility index (Phi) is 5.87. The van der Waals surface area contributed by atoms with Crippen LogP contribution in [0.25, 0.3) is 11.3 Å². The summed E-state index contributed by atoms with van der Waals surface area (Å²) >= 11 is 0. The molecule has 2 aromatic carbocycles. The Morgan fingerprint density at radius 3 is 2.35 bits per heavy atom. The summed E-state index contributed by atoms with van der Waals surface area (Å²) in [6.07, 6.45) is 1.59. The number of carbonyl (C=O) groups excluding carboxylic acids is 1. The van der Waals surface area contributed by atoms with Crippen LogP contribution >= 0.6 is 0 Å². The molecule has 0 aliphatic carbocycles. The molecule has 0 saturated heterocycles. The summed E-state index contributed by atoms with van der Waals surface area (Å²) in [5.74, 6) is 0.516. The molecular formula is C22H23NO3. The van der Waals surface area contributed by atoms with Gasteiger partial charge in [-0.2, -0.15) is 0 Å². The normalized spacial score (nSPS) is 13.2. The number of amides is 1. The van der Waals surface area contributed by atoms with Crippen molar-refractivity contribution in [2.24, 2.45) is 0 Å². The molecule has 1 aromatic heterocycles. The maximum atomic E-state index is 12.5. The SMILES string of the molecule is CC[C@@H](C(=O)NC[C@@H](O)c1ccc(-c2ccco2)cc1)c1ccccc1. The molecule has 0 spiro atoms. The van der Waals surface area contributed by atoms with E-state index in [0.717, 1.165) is 22.5 Å². The topological polar surface area (TPSA) is 62.5 Å². The summed E-state index contributed by atoms with van der Waals surface area (Å²) in [6.45, 7) is 2.17. The fourth-order valence-electron chi connectivity index (χ4n) is 3.01. The molecule has 3 aromatic rings. The molecule has 4 nitrogen and oxygen atoms in total. The van der Waals surface area contributed by atoms with Crippen molar-refractivity contribution < 1.29 is 14.3 Å². The van der Waals surface area contributed by atoms with E-state index in [1.165, 1.54) is 0 Å². The van der Waals surface area contributed by atoms with Gasteiger partial charge in [0.1, 0.15) is 5.76 Å². The Morgan fingerprint density at radius 1 is 1.00 bits per heavy atom. The first-order valence-corrected chi connectivity index (χ1v) is 8.83. The summed E-state index contributed by atoms with van der Waals surface area (Å²) in [5, 5.41) is 13.2. The van der Waals surface area contributed by atoms with Gasteiger partial charge in [-0.15, -0.1) is 0 Å². The highest BCUT2D eigenvalue weighted by atomic mass is 16.3. The molecule has 0 saturated carbocycles. The van der Waals surface area contributed by atoms with E-state index in [1.54, 1.807) is 6.26 Å². The first-order chi connectivity index (χ1) is 12.7. The minimum Gasteiger partial charge on any atom is -0.464 e. The Hall–Kier alpha value is -2.85. The average Bonchev–Trinajstić information content (AvgIpc) is 3.22. The van der Waals surface area contributed by atoms with Gasteiger partial charge in [-0.1, -0.05) is 61.5 Å². The van der Waals surface area contributed by atoms with Crippen molar-refractivity contribution in [3.63, 3.8) is 0 Å². The third-order valence-electron chi connectivity index (χ3n) is 4.50. The van der Waals surface area contributed by atoms with E-state index in [9.17, 15) is 9.90 Å². The van der Waals surface area contributed by atoms with Crippen LogP contribution in [0.1, 0.15) is 36.5 Å². The monoisotopic (exact) mass is 349 g/mol. The van der Waals surface area contributed by atoms with Gasteiger partial charge in [0.15, 0.2) is 0 Å². The number of benzene rings is 2. The Labute approximate surface area is 153 Å². The van der Waals surface area contributed by atoms with Crippen molar-refractivity contribution >= 4 is 5.91 Å². The summed E-state index contributed by atoms with van der Waals surface area (Å²) in [6, 6.07) is 20.9. The van der Waals surface area contributed by atoms with Crippen molar-refractivity contribution in [2.45, 2.75) is 25.4 Å². The lowest BCUT2D eigenvalue weighted by Crippen LogP contribution is -2.32. The lowest BCUT2D eigenvalue weighted by atomic mass is 9.95. The van der Waals surface area contributed by atoms with Crippen LogP contribution in [0.3, 0.4) is 0 Å². The largest absolute Gasteiger partial charge is 0.464 e. The van der Waals surface area contributed by atoms with E-state index in [4.69, 9.17) is 4.42 Å². The van der Waals surface area contributed by atoms with Crippen LogP contribution in [-0.4, -0.2) is 17.6 Å².